The summed E-state index contributed by atoms with van der Waals surface area (Å²) >= 11 is 1.60. The maximum atomic E-state index is 11.9. The van der Waals surface area contributed by atoms with Gasteiger partial charge in [-0.3, -0.25) is 4.79 Å². The summed E-state index contributed by atoms with van der Waals surface area (Å²) in [4.78, 5) is 17.5. The van der Waals surface area contributed by atoms with Gasteiger partial charge in [-0.25, -0.2) is 4.98 Å². The number of rotatable bonds is 7. The number of amides is 1. The van der Waals surface area contributed by atoms with Crippen LogP contribution in [0.2, 0.25) is 0 Å². The molecule has 0 radical (unpaired) electrons. The molecular formula is C16H25N3O3S. The first-order valence-electron chi connectivity index (χ1n) is 8.47. The molecule has 6 nitrogen and oxygen atoms in total. The lowest BCUT2D eigenvalue weighted by atomic mass is 9.97. The predicted molar refractivity (Wildman–Crippen MR) is 90.0 cm³/mol. The molecule has 2 aliphatic rings. The monoisotopic (exact) mass is 339 g/mol. The largest absolute Gasteiger partial charge is 0.378 e. The van der Waals surface area contributed by atoms with Crippen LogP contribution >= 0.6 is 11.3 Å². The SMILES string of the molecule is O=C(CCOCC1CCCO1)Nc1ncc(C2CCNCC2)s1. The number of nitrogens with one attached hydrogen (secondary N) is 2. The maximum absolute atomic E-state index is 11.9. The van der Waals surface area contributed by atoms with E-state index in [0.717, 1.165) is 45.4 Å². The number of piperidine rings is 1. The summed E-state index contributed by atoms with van der Waals surface area (Å²) in [5.41, 5.74) is 0. The molecule has 0 bridgehead atoms. The highest BCUT2D eigenvalue weighted by atomic mass is 32.1. The van der Waals surface area contributed by atoms with Gasteiger partial charge in [-0.05, 0) is 44.7 Å². The van der Waals surface area contributed by atoms with Crippen molar-refractivity contribution in [3.63, 3.8) is 0 Å². The zero-order valence-electron chi connectivity index (χ0n) is 13.4. The average Bonchev–Trinajstić information content (AvgIpc) is 3.24. The van der Waals surface area contributed by atoms with Gasteiger partial charge in [0.1, 0.15) is 0 Å². The zero-order chi connectivity index (χ0) is 15.9. The molecule has 3 rings (SSSR count). The van der Waals surface area contributed by atoms with Gasteiger partial charge in [0.05, 0.1) is 25.7 Å². The van der Waals surface area contributed by atoms with Gasteiger partial charge in [-0.15, -0.1) is 11.3 Å². The second kappa shape index (κ2) is 8.73. The van der Waals surface area contributed by atoms with Gasteiger partial charge in [0.2, 0.25) is 5.91 Å². The molecule has 1 aromatic rings. The van der Waals surface area contributed by atoms with E-state index in [1.165, 1.54) is 4.88 Å². The van der Waals surface area contributed by atoms with Gasteiger partial charge in [0.25, 0.3) is 0 Å². The van der Waals surface area contributed by atoms with Crippen LogP contribution in [-0.2, 0) is 14.3 Å². The Labute approximate surface area is 141 Å². The zero-order valence-corrected chi connectivity index (χ0v) is 14.2. The number of ether oxygens (including phenoxy) is 2. The van der Waals surface area contributed by atoms with Crippen molar-refractivity contribution in [1.29, 1.82) is 0 Å². The normalized spacial score (nSPS) is 22.3. The number of anilines is 1. The standard InChI is InChI=1S/C16H25N3O3S/c20-15(5-9-21-11-13-2-1-8-22-13)19-16-18-10-14(23-16)12-3-6-17-7-4-12/h10,12-13,17H,1-9,11H2,(H,18,19,20). The summed E-state index contributed by atoms with van der Waals surface area (Å²) in [6, 6.07) is 0. The highest BCUT2D eigenvalue weighted by Crippen LogP contribution is 2.31. The lowest BCUT2D eigenvalue weighted by molar-refractivity contribution is -0.117. The van der Waals surface area contributed by atoms with Crippen LogP contribution in [0.15, 0.2) is 6.20 Å². The minimum absolute atomic E-state index is 0.0384. The van der Waals surface area contributed by atoms with E-state index in [1.54, 1.807) is 11.3 Å². The Morgan fingerprint density at radius 1 is 1.43 bits per heavy atom. The Bertz CT molecular complexity index is 497. The van der Waals surface area contributed by atoms with Crippen molar-refractivity contribution in [1.82, 2.24) is 10.3 Å². The van der Waals surface area contributed by atoms with E-state index in [9.17, 15) is 4.79 Å². The van der Waals surface area contributed by atoms with Crippen molar-refractivity contribution in [3.8, 4) is 0 Å². The van der Waals surface area contributed by atoms with Crippen LogP contribution < -0.4 is 10.6 Å². The van der Waals surface area contributed by atoms with Gasteiger partial charge in [0.15, 0.2) is 5.13 Å². The van der Waals surface area contributed by atoms with E-state index >= 15 is 0 Å². The van der Waals surface area contributed by atoms with Crippen LogP contribution in [0.25, 0.3) is 0 Å². The average molecular weight is 339 g/mol. The number of nitrogens with zero attached hydrogens (tertiary/aromatic N) is 1. The number of hydrogen-bond acceptors (Lipinski definition) is 6. The van der Waals surface area contributed by atoms with Crippen molar-refractivity contribution in [2.24, 2.45) is 0 Å². The molecule has 0 spiro atoms. The van der Waals surface area contributed by atoms with E-state index in [4.69, 9.17) is 9.47 Å². The third-order valence-electron chi connectivity index (χ3n) is 4.31. The number of carbonyl (C=O) groups is 1. The van der Waals surface area contributed by atoms with Crippen molar-refractivity contribution in [2.45, 2.75) is 44.1 Å². The molecular weight excluding hydrogens is 314 g/mol. The Morgan fingerprint density at radius 2 is 2.30 bits per heavy atom. The lowest BCUT2D eigenvalue weighted by Gasteiger charge is -2.20. The first-order chi connectivity index (χ1) is 11.3. The van der Waals surface area contributed by atoms with Gasteiger partial charge in [-0.2, -0.15) is 0 Å². The first kappa shape index (κ1) is 16.8. The smallest absolute Gasteiger partial charge is 0.228 e. The molecule has 128 valence electrons. The number of carbonyl (C=O) groups excluding carboxylic acids is 1. The maximum Gasteiger partial charge on any atom is 0.228 e. The molecule has 1 unspecified atom stereocenters. The minimum Gasteiger partial charge on any atom is -0.378 e. The van der Waals surface area contributed by atoms with E-state index in [0.29, 0.717) is 30.7 Å². The van der Waals surface area contributed by atoms with Crippen molar-refractivity contribution < 1.29 is 14.3 Å². The van der Waals surface area contributed by atoms with Gasteiger partial charge in [0, 0.05) is 17.7 Å². The van der Waals surface area contributed by atoms with Crippen LogP contribution in [0, 0.1) is 0 Å². The Kier molecular flexibility index (Phi) is 6.38. The summed E-state index contributed by atoms with van der Waals surface area (Å²) < 4.78 is 11.0. The third-order valence-corrected chi connectivity index (χ3v) is 5.39. The topological polar surface area (TPSA) is 72.5 Å². The van der Waals surface area contributed by atoms with E-state index in [-0.39, 0.29) is 12.0 Å². The molecule has 1 amide bonds. The molecule has 1 aromatic heterocycles. The van der Waals surface area contributed by atoms with Crippen LogP contribution in [-0.4, -0.2) is 49.9 Å². The summed E-state index contributed by atoms with van der Waals surface area (Å²) in [5, 5.41) is 6.93. The van der Waals surface area contributed by atoms with E-state index in [2.05, 4.69) is 15.6 Å². The summed E-state index contributed by atoms with van der Waals surface area (Å²) in [6.45, 7) is 3.97. The van der Waals surface area contributed by atoms with Crippen LogP contribution in [0.4, 0.5) is 5.13 Å². The molecule has 0 saturated carbocycles. The fraction of sp³-hybridized carbons (Fsp3) is 0.750. The molecule has 23 heavy (non-hydrogen) atoms. The molecule has 2 N–H and O–H groups in total. The quantitative estimate of drug-likeness (QED) is 0.745. The fourth-order valence-corrected chi connectivity index (χ4v) is 3.98. The molecule has 2 fully saturated rings. The number of aromatic nitrogens is 1. The van der Waals surface area contributed by atoms with Gasteiger partial charge < -0.3 is 20.1 Å². The highest BCUT2D eigenvalue weighted by Gasteiger charge is 2.18. The van der Waals surface area contributed by atoms with Crippen LogP contribution in [0.3, 0.4) is 0 Å². The van der Waals surface area contributed by atoms with E-state index < -0.39 is 0 Å². The lowest BCUT2D eigenvalue weighted by Crippen LogP contribution is -2.26. The van der Waals surface area contributed by atoms with Gasteiger partial charge in [-0.1, -0.05) is 0 Å². The third kappa shape index (κ3) is 5.24. The fourth-order valence-electron chi connectivity index (χ4n) is 2.98. The number of hydrogen-bond donors (Lipinski definition) is 2. The van der Waals surface area contributed by atoms with Crippen molar-refractivity contribution in [3.05, 3.63) is 11.1 Å². The molecule has 2 saturated heterocycles. The van der Waals surface area contributed by atoms with Crippen molar-refractivity contribution in [2.75, 3.05) is 38.2 Å². The second-order valence-electron chi connectivity index (χ2n) is 6.10. The summed E-state index contributed by atoms with van der Waals surface area (Å²) in [6.07, 6.45) is 6.94. The Morgan fingerprint density at radius 3 is 3.09 bits per heavy atom. The Hall–Kier alpha value is -1.02. The number of thiazole rings is 1. The molecule has 0 aromatic carbocycles. The molecule has 1 atom stereocenters. The molecule has 3 heterocycles. The summed E-state index contributed by atoms with van der Waals surface area (Å²) in [5.74, 6) is 0.540. The minimum atomic E-state index is -0.0384. The second-order valence-corrected chi connectivity index (χ2v) is 7.16. The van der Waals surface area contributed by atoms with Gasteiger partial charge >= 0.3 is 0 Å². The van der Waals surface area contributed by atoms with E-state index in [1.807, 2.05) is 6.20 Å². The summed E-state index contributed by atoms with van der Waals surface area (Å²) in [7, 11) is 0. The predicted octanol–water partition coefficient (Wildman–Crippen LogP) is 2.13. The van der Waals surface area contributed by atoms with Crippen LogP contribution in [0.5, 0.6) is 0 Å². The van der Waals surface area contributed by atoms with Crippen molar-refractivity contribution >= 4 is 22.4 Å². The van der Waals surface area contributed by atoms with Crippen LogP contribution in [0.1, 0.15) is 42.9 Å². The highest BCUT2D eigenvalue weighted by molar-refractivity contribution is 7.15. The molecule has 7 heteroatoms. The Balaban J connectivity index is 1.35. The first-order valence-corrected chi connectivity index (χ1v) is 9.28. The molecule has 0 aliphatic carbocycles. The molecule has 2 aliphatic heterocycles.